The van der Waals surface area contributed by atoms with Gasteiger partial charge in [0.25, 0.3) is 0 Å². The average Bonchev–Trinajstić information content (AvgIpc) is 2.44. The number of amides is 1. The van der Waals surface area contributed by atoms with Crippen LogP contribution in [0.2, 0.25) is 0 Å². The molecular formula is C19H30N2O3. The summed E-state index contributed by atoms with van der Waals surface area (Å²) in [6, 6.07) is 8.46. The lowest BCUT2D eigenvalue weighted by molar-refractivity contribution is -0.157. The van der Waals surface area contributed by atoms with Crippen LogP contribution in [0.5, 0.6) is 0 Å². The Morgan fingerprint density at radius 3 is 2.17 bits per heavy atom. The van der Waals surface area contributed by atoms with Crippen LogP contribution < -0.4 is 11.1 Å². The molecule has 0 saturated heterocycles. The first-order valence-corrected chi connectivity index (χ1v) is 8.40. The average molecular weight is 334 g/mol. The van der Waals surface area contributed by atoms with Crippen molar-refractivity contribution in [1.29, 1.82) is 0 Å². The summed E-state index contributed by atoms with van der Waals surface area (Å²) in [5.41, 5.74) is 5.91. The summed E-state index contributed by atoms with van der Waals surface area (Å²) in [6.07, 6.45) is 1.01. The maximum absolute atomic E-state index is 12.6. The molecule has 0 unspecified atom stereocenters. The van der Waals surface area contributed by atoms with Crippen LogP contribution in [0, 0.1) is 5.92 Å². The first-order valence-electron chi connectivity index (χ1n) is 8.40. The summed E-state index contributed by atoms with van der Waals surface area (Å²) in [5.74, 6) is -0.544. The Bertz CT molecular complexity index is 535. The van der Waals surface area contributed by atoms with Crippen LogP contribution >= 0.6 is 0 Å². The number of benzene rings is 1. The van der Waals surface area contributed by atoms with Gasteiger partial charge in [0.1, 0.15) is 11.6 Å². The summed E-state index contributed by atoms with van der Waals surface area (Å²) in [6.45, 7) is 9.49. The fourth-order valence-electron chi connectivity index (χ4n) is 2.41. The van der Waals surface area contributed by atoms with E-state index in [0.29, 0.717) is 12.8 Å². The van der Waals surface area contributed by atoms with Crippen molar-refractivity contribution in [3.05, 3.63) is 35.9 Å². The summed E-state index contributed by atoms with van der Waals surface area (Å²) < 4.78 is 5.50. The Labute approximate surface area is 145 Å². The minimum atomic E-state index is -0.622. The molecule has 0 saturated carbocycles. The second-order valence-electron chi connectivity index (χ2n) is 7.53. The van der Waals surface area contributed by atoms with Crippen molar-refractivity contribution in [3.8, 4) is 0 Å². The van der Waals surface area contributed by atoms with Gasteiger partial charge in [-0.15, -0.1) is 0 Å². The topological polar surface area (TPSA) is 81.4 Å². The van der Waals surface area contributed by atoms with E-state index in [1.165, 1.54) is 0 Å². The fraction of sp³-hybridized carbons (Fsp3) is 0.579. The number of primary amides is 1. The molecule has 0 aliphatic heterocycles. The van der Waals surface area contributed by atoms with Crippen molar-refractivity contribution in [2.75, 3.05) is 0 Å². The number of carbonyl (C=O) groups is 2. The zero-order valence-electron chi connectivity index (χ0n) is 15.3. The molecule has 0 radical (unpaired) electrons. The first kappa shape index (κ1) is 20.2. The molecule has 0 aliphatic rings. The molecular weight excluding hydrogens is 304 g/mol. The smallest absolute Gasteiger partial charge is 0.324 e. The van der Waals surface area contributed by atoms with E-state index in [4.69, 9.17) is 10.5 Å². The van der Waals surface area contributed by atoms with E-state index < -0.39 is 23.6 Å². The van der Waals surface area contributed by atoms with Gasteiger partial charge in [0.15, 0.2) is 0 Å². The van der Waals surface area contributed by atoms with Crippen molar-refractivity contribution < 1.29 is 14.3 Å². The fourth-order valence-corrected chi connectivity index (χ4v) is 2.41. The van der Waals surface area contributed by atoms with Gasteiger partial charge >= 0.3 is 5.97 Å². The van der Waals surface area contributed by atoms with E-state index in [0.717, 1.165) is 5.56 Å². The van der Waals surface area contributed by atoms with Gasteiger partial charge in [-0.05, 0) is 45.1 Å². The highest BCUT2D eigenvalue weighted by Gasteiger charge is 2.29. The highest BCUT2D eigenvalue weighted by molar-refractivity contribution is 5.82. The maximum Gasteiger partial charge on any atom is 0.324 e. The van der Waals surface area contributed by atoms with E-state index in [1.54, 1.807) is 0 Å². The van der Waals surface area contributed by atoms with Crippen LogP contribution in [0.1, 0.15) is 46.6 Å². The molecule has 0 aromatic heterocycles. The molecule has 134 valence electrons. The van der Waals surface area contributed by atoms with Gasteiger partial charge in [-0.2, -0.15) is 0 Å². The number of hydrogen-bond acceptors (Lipinski definition) is 4. The third-order valence-corrected chi connectivity index (χ3v) is 3.43. The van der Waals surface area contributed by atoms with E-state index in [9.17, 15) is 9.59 Å². The van der Waals surface area contributed by atoms with Gasteiger partial charge in [-0.3, -0.25) is 14.9 Å². The van der Waals surface area contributed by atoms with Gasteiger partial charge in [0.05, 0.1) is 6.04 Å². The number of carbonyl (C=O) groups excluding carboxylic acids is 2. The van der Waals surface area contributed by atoms with Crippen molar-refractivity contribution >= 4 is 11.9 Å². The van der Waals surface area contributed by atoms with Crippen LogP contribution in [0.25, 0.3) is 0 Å². The van der Waals surface area contributed by atoms with Crippen LogP contribution in [0.4, 0.5) is 0 Å². The third-order valence-electron chi connectivity index (χ3n) is 3.43. The minimum absolute atomic E-state index is 0.283. The molecule has 24 heavy (non-hydrogen) atoms. The summed E-state index contributed by atoms with van der Waals surface area (Å²) in [5, 5.41) is 3.11. The van der Waals surface area contributed by atoms with E-state index in [1.807, 2.05) is 65.0 Å². The summed E-state index contributed by atoms with van der Waals surface area (Å²) in [7, 11) is 0. The predicted octanol–water partition coefficient (Wildman–Crippen LogP) is 2.43. The molecule has 0 heterocycles. The monoisotopic (exact) mass is 334 g/mol. The number of hydrogen-bond donors (Lipinski definition) is 2. The maximum atomic E-state index is 12.6. The molecule has 0 fully saturated rings. The van der Waals surface area contributed by atoms with Gasteiger partial charge in [0.2, 0.25) is 5.91 Å². The first-order chi connectivity index (χ1) is 11.1. The Kier molecular flexibility index (Phi) is 7.42. The molecule has 5 heteroatoms. The summed E-state index contributed by atoms with van der Waals surface area (Å²) >= 11 is 0. The largest absolute Gasteiger partial charge is 0.459 e. The molecule has 0 spiro atoms. The van der Waals surface area contributed by atoms with Crippen molar-refractivity contribution in [3.63, 3.8) is 0 Å². The number of nitrogens with two attached hydrogens (primary N) is 1. The third kappa shape index (κ3) is 7.59. The molecule has 1 aromatic rings. The van der Waals surface area contributed by atoms with Gasteiger partial charge in [0, 0.05) is 0 Å². The Morgan fingerprint density at radius 2 is 1.71 bits per heavy atom. The van der Waals surface area contributed by atoms with Crippen molar-refractivity contribution in [2.45, 2.75) is 65.1 Å². The lowest BCUT2D eigenvalue weighted by Gasteiger charge is -2.27. The molecule has 0 bridgehead atoms. The Hall–Kier alpha value is -1.88. The van der Waals surface area contributed by atoms with Crippen LogP contribution in [0.3, 0.4) is 0 Å². The lowest BCUT2D eigenvalue weighted by Crippen LogP contribution is -2.52. The van der Waals surface area contributed by atoms with Crippen molar-refractivity contribution in [1.82, 2.24) is 5.32 Å². The summed E-state index contributed by atoms with van der Waals surface area (Å²) in [4.78, 5) is 24.3. The molecule has 1 aromatic carbocycles. The number of nitrogens with one attached hydrogen (secondary N) is 1. The second-order valence-corrected chi connectivity index (χ2v) is 7.53. The SMILES string of the molecule is CC(C)C[C@@H](N[C@H](Cc1ccccc1)C(=O)OC(C)(C)C)C(N)=O. The molecule has 0 aliphatic carbocycles. The van der Waals surface area contributed by atoms with Crippen LogP contribution in [0.15, 0.2) is 30.3 Å². The lowest BCUT2D eigenvalue weighted by atomic mass is 10.00. The predicted molar refractivity (Wildman–Crippen MR) is 95.4 cm³/mol. The molecule has 1 rings (SSSR count). The van der Waals surface area contributed by atoms with E-state index >= 15 is 0 Å². The molecule has 5 nitrogen and oxygen atoms in total. The van der Waals surface area contributed by atoms with Gasteiger partial charge in [-0.25, -0.2) is 0 Å². The Morgan fingerprint density at radius 1 is 1.12 bits per heavy atom. The van der Waals surface area contributed by atoms with Gasteiger partial charge in [-0.1, -0.05) is 44.2 Å². The van der Waals surface area contributed by atoms with Crippen LogP contribution in [-0.2, 0) is 20.7 Å². The van der Waals surface area contributed by atoms with E-state index in [2.05, 4.69) is 5.32 Å². The van der Waals surface area contributed by atoms with Crippen molar-refractivity contribution in [2.24, 2.45) is 11.7 Å². The number of ether oxygens (including phenoxy) is 1. The quantitative estimate of drug-likeness (QED) is 0.715. The number of esters is 1. The number of rotatable bonds is 8. The van der Waals surface area contributed by atoms with E-state index in [-0.39, 0.29) is 11.9 Å². The normalized spacial score (nSPS) is 14.2. The molecule has 3 N–H and O–H groups in total. The zero-order valence-corrected chi connectivity index (χ0v) is 15.3. The minimum Gasteiger partial charge on any atom is -0.459 e. The van der Waals surface area contributed by atoms with Gasteiger partial charge < -0.3 is 10.5 Å². The Balaban J connectivity index is 2.94. The standard InChI is InChI=1S/C19H30N2O3/c1-13(2)11-15(17(20)22)21-16(18(23)24-19(3,4)5)12-14-9-7-6-8-10-14/h6-10,13,15-16,21H,11-12H2,1-5H3,(H2,20,22)/t15-,16-/m1/s1. The second kappa shape index (κ2) is 8.83. The zero-order chi connectivity index (χ0) is 18.3. The molecule has 2 atom stereocenters. The highest BCUT2D eigenvalue weighted by atomic mass is 16.6. The highest BCUT2D eigenvalue weighted by Crippen LogP contribution is 2.13. The molecule has 1 amide bonds. The van der Waals surface area contributed by atoms with Crippen LogP contribution in [-0.4, -0.2) is 29.6 Å².